The fourth-order valence-corrected chi connectivity index (χ4v) is 8.95. The van der Waals surface area contributed by atoms with E-state index in [2.05, 4.69) is 20.1 Å². The zero-order valence-electron chi connectivity index (χ0n) is 21.9. The van der Waals surface area contributed by atoms with Crippen LogP contribution in [-0.4, -0.2) is 74.5 Å². The number of carbonyl (C=O) groups excluding carboxylic acids is 3. The van der Waals surface area contributed by atoms with Gasteiger partial charge in [-0.1, -0.05) is 49.4 Å². The van der Waals surface area contributed by atoms with E-state index >= 15 is 0 Å². The standard InChI is InChI=1S/C29H38N2O5S/c1-6-8-15-36-28(35)23-22-16-19(5)29(37-22)24(23)26(33)31(21(17-32)20-12-10-9-11-13-20)25(29)27(34)30(14-7-2)18(3)4/h6-7,9-13,18-19,21-25,32H,1-2,8,14-17H2,3-5H3/t19?,21-,22+,23-,24+,25?,29?/m1/s1. The van der Waals surface area contributed by atoms with Crippen molar-refractivity contribution in [2.24, 2.45) is 17.8 Å². The molecule has 37 heavy (non-hydrogen) atoms. The molecule has 0 aromatic heterocycles. The lowest BCUT2D eigenvalue weighted by atomic mass is 9.66. The Balaban J connectivity index is 1.84. The number of esters is 1. The Kier molecular flexibility index (Phi) is 8.19. The van der Waals surface area contributed by atoms with Gasteiger partial charge >= 0.3 is 5.97 Å². The van der Waals surface area contributed by atoms with Gasteiger partial charge in [0, 0.05) is 17.8 Å². The second-order valence-corrected chi connectivity index (χ2v) is 12.1. The Morgan fingerprint density at radius 2 is 1.97 bits per heavy atom. The summed E-state index contributed by atoms with van der Waals surface area (Å²) in [6.07, 6.45) is 4.65. The van der Waals surface area contributed by atoms with Crippen LogP contribution in [0, 0.1) is 17.8 Å². The number of hydrogen-bond acceptors (Lipinski definition) is 6. The molecule has 4 rings (SSSR count). The van der Waals surface area contributed by atoms with Gasteiger partial charge in [0.1, 0.15) is 6.04 Å². The summed E-state index contributed by atoms with van der Waals surface area (Å²) in [5, 5.41) is 10.5. The molecular weight excluding hydrogens is 488 g/mol. The van der Waals surface area contributed by atoms with Gasteiger partial charge in [-0.05, 0) is 38.2 Å². The number of rotatable bonds is 11. The Bertz CT molecular complexity index is 1050. The van der Waals surface area contributed by atoms with E-state index < -0.39 is 28.7 Å². The predicted octanol–water partition coefficient (Wildman–Crippen LogP) is 3.60. The Morgan fingerprint density at radius 3 is 2.57 bits per heavy atom. The lowest BCUT2D eigenvalue weighted by molar-refractivity contribution is -0.155. The predicted molar refractivity (Wildman–Crippen MR) is 145 cm³/mol. The molecule has 1 aromatic rings. The van der Waals surface area contributed by atoms with Crippen LogP contribution in [0.2, 0.25) is 0 Å². The maximum Gasteiger partial charge on any atom is 0.310 e. The van der Waals surface area contributed by atoms with Gasteiger partial charge < -0.3 is 19.6 Å². The van der Waals surface area contributed by atoms with Crippen molar-refractivity contribution in [3.63, 3.8) is 0 Å². The van der Waals surface area contributed by atoms with Crippen LogP contribution in [-0.2, 0) is 19.1 Å². The second kappa shape index (κ2) is 11.0. The Labute approximate surface area is 223 Å². The van der Waals surface area contributed by atoms with Crippen LogP contribution < -0.4 is 0 Å². The number of ether oxygens (including phenoxy) is 1. The van der Waals surface area contributed by atoms with Gasteiger partial charge in [-0.25, -0.2) is 0 Å². The molecule has 3 aliphatic heterocycles. The van der Waals surface area contributed by atoms with E-state index in [1.807, 2.05) is 44.2 Å². The summed E-state index contributed by atoms with van der Waals surface area (Å²) in [6.45, 7) is 13.7. The first kappa shape index (κ1) is 27.5. The van der Waals surface area contributed by atoms with Crippen molar-refractivity contribution in [3.8, 4) is 0 Å². The van der Waals surface area contributed by atoms with E-state index in [9.17, 15) is 19.5 Å². The summed E-state index contributed by atoms with van der Waals surface area (Å²) in [4.78, 5) is 45.5. The minimum absolute atomic E-state index is 0.0282. The number of carbonyl (C=O) groups is 3. The minimum atomic E-state index is -0.819. The van der Waals surface area contributed by atoms with Crippen molar-refractivity contribution >= 4 is 29.5 Å². The van der Waals surface area contributed by atoms with Crippen LogP contribution in [0.15, 0.2) is 55.6 Å². The van der Waals surface area contributed by atoms with Gasteiger partial charge in [0.2, 0.25) is 11.8 Å². The van der Waals surface area contributed by atoms with Crippen LogP contribution >= 0.6 is 11.8 Å². The molecule has 200 valence electrons. The number of likely N-dealkylation sites (tertiary alicyclic amines) is 1. The van der Waals surface area contributed by atoms with Crippen LogP contribution in [0.1, 0.15) is 45.2 Å². The fourth-order valence-electron chi connectivity index (χ4n) is 6.56. The smallest absolute Gasteiger partial charge is 0.310 e. The normalized spacial score (nSPS) is 30.8. The molecule has 2 bridgehead atoms. The highest BCUT2D eigenvalue weighted by Crippen LogP contribution is 2.69. The fraction of sp³-hybridized carbons (Fsp3) is 0.552. The molecule has 7 atom stereocenters. The molecule has 1 aromatic carbocycles. The number of benzene rings is 1. The van der Waals surface area contributed by atoms with Crippen molar-refractivity contribution in [1.82, 2.24) is 9.80 Å². The van der Waals surface area contributed by atoms with Crippen molar-refractivity contribution in [2.45, 2.75) is 61.7 Å². The first-order valence-electron chi connectivity index (χ1n) is 13.1. The third kappa shape index (κ3) is 4.42. The first-order chi connectivity index (χ1) is 17.7. The molecule has 2 amide bonds. The molecule has 0 saturated carbocycles. The van der Waals surface area contributed by atoms with Gasteiger partial charge in [-0.15, -0.1) is 24.9 Å². The molecule has 7 nitrogen and oxygen atoms in total. The summed E-state index contributed by atoms with van der Waals surface area (Å²) in [5.41, 5.74) is 0.754. The largest absolute Gasteiger partial charge is 0.465 e. The van der Waals surface area contributed by atoms with Gasteiger partial charge in [0.05, 0.1) is 35.8 Å². The monoisotopic (exact) mass is 526 g/mol. The lowest BCUT2D eigenvalue weighted by Crippen LogP contribution is -2.58. The molecule has 3 unspecified atom stereocenters. The SMILES string of the molecule is C=CCCOC(=O)[C@@H]1[C@@H]2CC(C)C3(S2)C(C(=O)N(CC=C)C(C)C)N([C@H](CO)c2ccccc2)C(=O)[C@H]13. The Hall–Kier alpha value is -2.58. The number of hydrogen-bond donors (Lipinski definition) is 1. The molecular formula is C29H38N2O5S. The van der Waals surface area contributed by atoms with Gasteiger partial charge in [-0.2, -0.15) is 0 Å². The number of amides is 2. The van der Waals surface area contributed by atoms with E-state index in [1.165, 1.54) is 0 Å². The maximum atomic E-state index is 14.4. The van der Waals surface area contributed by atoms with Crippen molar-refractivity contribution in [1.29, 1.82) is 0 Å². The summed E-state index contributed by atoms with van der Waals surface area (Å²) in [5.74, 6) is -2.09. The first-order valence-corrected chi connectivity index (χ1v) is 14.0. The number of thioether (sulfide) groups is 1. The molecule has 1 spiro atoms. The van der Waals surface area contributed by atoms with Crippen molar-refractivity contribution in [3.05, 3.63) is 61.2 Å². The van der Waals surface area contributed by atoms with E-state index in [1.54, 1.807) is 33.7 Å². The topological polar surface area (TPSA) is 87.2 Å². The van der Waals surface area contributed by atoms with Gasteiger partial charge in [0.25, 0.3) is 0 Å². The van der Waals surface area contributed by atoms with Crippen molar-refractivity contribution in [2.75, 3.05) is 19.8 Å². The highest BCUT2D eigenvalue weighted by atomic mass is 32.2. The highest BCUT2D eigenvalue weighted by molar-refractivity contribution is 8.02. The van der Waals surface area contributed by atoms with Gasteiger partial charge in [-0.3, -0.25) is 14.4 Å². The van der Waals surface area contributed by atoms with E-state index in [0.29, 0.717) is 13.0 Å². The quantitative estimate of drug-likeness (QED) is 0.269. The van der Waals surface area contributed by atoms with E-state index in [0.717, 1.165) is 12.0 Å². The van der Waals surface area contributed by atoms with Crippen LogP contribution in [0.5, 0.6) is 0 Å². The highest BCUT2D eigenvalue weighted by Gasteiger charge is 2.77. The minimum Gasteiger partial charge on any atom is -0.465 e. The molecule has 3 aliphatic rings. The molecule has 3 heterocycles. The lowest BCUT2D eigenvalue weighted by Gasteiger charge is -2.42. The maximum absolute atomic E-state index is 14.4. The van der Waals surface area contributed by atoms with Crippen LogP contribution in [0.3, 0.4) is 0 Å². The molecule has 1 N–H and O–H groups in total. The Morgan fingerprint density at radius 1 is 1.27 bits per heavy atom. The number of nitrogens with zero attached hydrogens (tertiary/aromatic N) is 2. The van der Waals surface area contributed by atoms with Crippen LogP contribution in [0.4, 0.5) is 0 Å². The number of fused-ring (bicyclic) bond motifs is 1. The summed E-state index contributed by atoms with van der Waals surface area (Å²) in [7, 11) is 0. The molecule has 0 aliphatic carbocycles. The third-order valence-corrected chi connectivity index (χ3v) is 10.3. The number of aliphatic hydroxyl groups excluding tert-OH is 1. The molecule has 8 heteroatoms. The summed E-state index contributed by atoms with van der Waals surface area (Å²) < 4.78 is 4.80. The zero-order valence-corrected chi connectivity index (χ0v) is 22.7. The zero-order chi connectivity index (χ0) is 26.9. The second-order valence-electron chi connectivity index (χ2n) is 10.5. The number of aliphatic hydroxyl groups is 1. The molecule has 0 radical (unpaired) electrons. The average molecular weight is 527 g/mol. The third-order valence-electron chi connectivity index (χ3n) is 8.18. The van der Waals surface area contributed by atoms with E-state index in [-0.39, 0.29) is 48.2 Å². The molecule has 3 fully saturated rings. The average Bonchev–Trinajstić information content (AvgIpc) is 3.47. The molecule has 3 saturated heterocycles. The van der Waals surface area contributed by atoms with Crippen LogP contribution in [0.25, 0.3) is 0 Å². The van der Waals surface area contributed by atoms with E-state index in [4.69, 9.17) is 4.74 Å². The summed E-state index contributed by atoms with van der Waals surface area (Å²) in [6, 6.07) is 7.68. The van der Waals surface area contributed by atoms with Crippen molar-refractivity contribution < 1.29 is 24.2 Å². The van der Waals surface area contributed by atoms with Gasteiger partial charge in [0.15, 0.2) is 0 Å². The summed E-state index contributed by atoms with van der Waals surface area (Å²) >= 11 is 1.61.